The van der Waals surface area contributed by atoms with E-state index in [1.165, 1.54) is 16.2 Å². The van der Waals surface area contributed by atoms with Gasteiger partial charge in [-0.05, 0) is 48.8 Å². The van der Waals surface area contributed by atoms with Crippen LogP contribution in [-0.2, 0) is 9.59 Å². The van der Waals surface area contributed by atoms with Crippen LogP contribution in [0.25, 0.3) is 5.57 Å². The Morgan fingerprint density at radius 2 is 1.96 bits per heavy atom. The second-order valence-corrected chi connectivity index (χ2v) is 8.02. The summed E-state index contributed by atoms with van der Waals surface area (Å²) in [5.74, 6) is -0.402. The van der Waals surface area contributed by atoms with Gasteiger partial charge < -0.3 is 10.0 Å². The summed E-state index contributed by atoms with van der Waals surface area (Å²) in [5, 5.41) is 11.5. The van der Waals surface area contributed by atoms with Crippen molar-refractivity contribution in [2.75, 3.05) is 24.6 Å². The number of para-hydroxylation sites is 1. The standard InChI is InChI=1S/C21H22N2O3S/c1-14-6-2-3-8-16(14)23-20(25)18(17-9-5-11-27-17)19(21(23)26)22-10-4-7-15(12-22)13-24/h2-3,5-6,8-9,11,15,24H,4,7,10,12-13H2,1H3. The van der Waals surface area contributed by atoms with Crippen LogP contribution >= 0.6 is 11.3 Å². The summed E-state index contributed by atoms with van der Waals surface area (Å²) in [4.78, 5) is 30.9. The van der Waals surface area contributed by atoms with E-state index in [1.807, 2.05) is 53.6 Å². The largest absolute Gasteiger partial charge is 0.396 e. The average molecular weight is 382 g/mol. The summed E-state index contributed by atoms with van der Waals surface area (Å²) < 4.78 is 0. The number of likely N-dealkylation sites (tertiary alicyclic amines) is 1. The van der Waals surface area contributed by atoms with Crippen molar-refractivity contribution in [1.29, 1.82) is 0 Å². The summed E-state index contributed by atoms with van der Waals surface area (Å²) >= 11 is 1.47. The zero-order valence-electron chi connectivity index (χ0n) is 15.2. The Kier molecular flexibility index (Phi) is 4.85. The molecule has 1 N–H and O–H groups in total. The van der Waals surface area contributed by atoms with Gasteiger partial charge in [0.05, 0.1) is 11.3 Å². The quantitative estimate of drug-likeness (QED) is 0.826. The predicted molar refractivity (Wildman–Crippen MR) is 106 cm³/mol. The number of aryl methyl sites for hydroxylation is 1. The Bertz CT molecular complexity index is 904. The van der Waals surface area contributed by atoms with E-state index in [0.29, 0.717) is 23.5 Å². The molecule has 3 heterocycles. The first-order chi connectivity index (χ1) is 13.1. The molecule has 0 aliphatic carbocycles. The number of carbonyl (C=O) groups is 2. The Hall–Kier alpha value is -2.44. The molecule has 2 amide bonds. The molecule has 6 heteroatoms. The zero-order valence-corrected chi connectivity index (χ0v) is 16.0. The monoisotopic (exact) mass is 382 g/mol. The molecule has 1 aromatic heterocycles. The van der Waals surface area contributed by atoms with E-state index < -0.39 is 0 Å². The number of thiophene rings is 1. The van der Waals surface area contributed by atoms with Gasteiger partial charge >= 0.3 is 0 Å². The van der Waals surface area contributed by atoms with Crippen molar-refractivity contribution in [2.45, 2.75) is 19.8 Å². The highest BCUT2D eigenvalue weighted by atomic mass is 32.1. The fourth-order valence-corrected chi connectivity index (χ4v) is 4.67. The van der Waals surface area contributed by atoms with Crippen LogP contribution < -0.4 is 4.90 Å². The topological polar surface area (TPSA) is 60.9 Å². The molecule has 140 valence electrons. The summed E-state index contributed by atoms with van der Waals surface area (Å²) in [6.07, 6.45) is 1.84. The lowest BCUT2D eigenvalue weighted by atomic mass is 9.98. The van der Waals surface area contributed by atoms with Gasteiger partial charge in [0.1, 0.15) is 5.70 Å². The van der Waals surface area contributed by atoms with E-state index >= 15 is 0 Å². The van der Waals surface area contributed by atoms with Crippen molar-refractivity contribution in [3.05, 3.63) is 57.9 Å². The fourth-order valence-electron chi connectivity index (χ4n) is 3.90. The van der Waals surface area contributed by atoms with Crippen molar-refractivity contribution in [2.24, 2.45) is 5.92 Å². The van der Waals surface area contributed by atoms with E-state index in [1.54, 1.807) is 0 Å². The van der Waals surface area contributed by atoms with Crippen LogP contribution in [0.5, 0.6) is 0 Å². The van der Waals surface area contributed by atoms with Crippen molar-refractivity contribution >= 4 is 34.4 Å². The maximum atomic E-state index is 13.4. The molecule has 27 heavy (non-hydrogen) atoms. The maximum Gasteiger partial charge on any atom is 0.282 e. The molecular formula is C21H22N2O3S. The number of rotatable bonds is 4. The van der Waals surface area contributed by atoms with Gasteiger partial charge in [0, 0.05) is 24.6 Å². The van der Waals surface area contributed by atoms with Crippen molar-refractivity contribution in [3.8, 4) is 0 Å². The van der Waals surface area contributed by atoms with Gasteiger partial charge in [0.15, 0.2) is 0 Å². The number of amides is 2. The van der Waals surface area contributed by atoms with Crippen LogP contribution in [-0.4, -0.2) is 41.5 Å². The second-order valence-electron chi connectivity index (χ2n) is 7.07. The number of aliphatic hydroxyl groups is 1. The zero-order chi connectivity index (χ0) is 19.0. The van der Waals surface area contributed by atoms with E-state index in [-0.39, 0.29) is 24.3 Å². The van der Waals surface area contributed by atoms with Crippen molar-refractivity contribution in [1.82, 2.24) is 4.90 Å². The molecule has 0 saturated carbocycles. The van der Waals surface area contributed by atoms with Gasteiger partial charge in [-0.1, -0.05) is 24.3 Å². The Balaban J connectivity index is 1.80. The molecule has 4 rings (SSSR count). The number of hydrogen-bond acceptors (Lipinski definition) is 5. The molecule has 0 bridgehead atoms. The van der Waals surface area contributed by atoms with Crippen molar-refractivity contribution in [3.63, 3.8) is 0 Å². The Morgan fingerprint density at radius 3 is 2.67 bits per heavy atom. The number of nitrogens with zero attached hydrogens (tertiary/aromatic N) is 2. The van der Waals surface area contributed by atoms with Crippen LogP contribution in [0.2, 0.25) is 0 Å². The number of imide groups is 1. The van der Waals surface area contributed by atoms with E-state index in [9.17, 15) is 14.7 Å². The highest BCUT2D eigenvalue weighted by molar-refractivity contribution is 7.11. The minimum Gasteiger partial charge on any atom is -0.396 e. The third kappa shape index (κ3) is 3.09. The summed E-state index contributed by atoms with van der Waals surface area (Å²) in [6.45, 7) is 3.33. The summed E-state index contributed by atoms with van der Waals surface area (Å²) in [6, 6.07) is 11.2. The van der Waals surface area contributed by atoms with Crippen LogP contribution in [0, 0.1) is 12.8 Å². The molecule has 0 radical (unpaired) electrons. The molecule has 1 atom stereocenters. The Labute approximate surface area is 162 Å². The van der Waals surface area contributed by atoms with Gasteiger partial charge in [-0.15, -0.1) is 11.3 Å². The molecule has 1 aromatic carbocycles. The molecule has 2 aliphatic rings. The first-order valence-electron chi connectivity index (χ1n) is 9.20. The third-order valence-electron chi connectivity index (χ3n) is 5.28. The van der Waals surface area contributed by atoms with Gasteiger partial charge in [0.2, 0.25) is 0 Å². The number of carbonyl (C=O) groups excluding carboxylic acids is 2. The van der Waals surface area contributed by atoms with Crippen LogP contribution in [0.4, 0.5) is 5.69 Å². The van der Waals surface area contributed by atoms with Crippen LogP contribution in [0.3, 0.4) is 0 Å². The number of piperidine rings is 1. The van der Waals surface area contributed by atoms with E-state index in [0.717, 1.165) is 29.8 Å². The molecule has 2 aliphatic heterocycles. The lowest BCUT2D eigenvalue weighted by Crippen LogP contribution is -2.40. The smallest absolute Gasteiger partial charge is 0.282 e. The van der Waals surface area contributed by atoms with Gasteiger partial charge in [-0.2, -0.15) is 0 Å². The number of benzene rings is 1. The lowest BCUT2D eigenvalue weighted by molar-refractivity contribution is -0.120. The van der Waals surface area contributed by atoms with Crippen LogP contribution in [0.1, 0.15) is 23.3 Å². The first kappa shape index (κ1) is 17.9. The minimum absolute atomic E-state index is 0.0990. The lowest BCUT2D eigenvalue weighted by Gasteiger charge is -2.34. The summed E-state index contributed by atoms with van der Waals surface area (Å²) in [5.41, 5.74) is 2.48. The number of hydrogen-bond donors (Lipinski definition) is 1. The van der Waals surface area contributed by atoms with Crippen LogP contribution in [0.15, 0.2) is 47.5 Å². The fraction of sp³-hybridized carbons (Fsp3) is 0.333. The molecule has 0 spiro atoms. The highest BCUT2D eigenvalue weighted by Crippen LogP contribution is 2.38. The number of aliphatic hydroxyl groups excluding tert-OH is 1. The SMILES string of the molecule is Cc1ccccc1N1C(=O)C(c2cccs2)=C(N2CCCC(CO)C2)C1=O. The molecule has 5 nitrogen and oxygen atoms in total. The molecule has 1 fully saturated rings. The molecule has 1 unspecified atom stereocenters. The second kappa shape index (κ2) is 7.29. The Morgan fingerprint density at radius 1 is 1.15 bits per heavy atom. The van der Waals surface area contributed by atoms with E-state index in [2.05, 4.69) is 0 Å². The highest BCUT2D eigenvalue weighted by Gasteiger charge is 2.44. The van der Waals surface area contributed by atoms with E-state index in [4.69, 9.17) is 0 Å². The number of anilines is 1. The molecule has 2 aromatic rings. The first-order valence-corrected chi connectivity index (χ1v) is 10.1. The normalized spacial score (nSPS) is 20.7. The predicted octanol–water partition coefficient (Wildman–Crippen LogP) is 3.05. The van der Waals surface area contributed by atoms with Gasteiger partial charge in [0.25, 0.3) is 11.8 Å². The average Bonchev–Trinajstić information content (AvgIpc) is 3.29. The summed E-state index contributed by atoms with van der Waals surface area (Å²) in [7, 11) is 0. The van der Waals surface area contributed by atoms with Gasteiger partial charge in [-0.25, -0.2) is 4.90 Å². The van der Waals surface area contributed by atoms with Crippen molar-refractivity contribution < 1.29 is 14.7 Å². The van der Waals surface area contributed by atoms with Gasteiger partial charge in [-0.3, -0.25) is 9.59 Å². The molecular weight excluding hydrogens is 360 g/mol. The maximum absolute atomic E-state index is 13.4. The molecule has 1 saturated heterocycles. The minimum atomic E-state index is -0.267. The third-order valence-corrected chi connectivity index (χ3v) is 6.16.